The first-order valence-electron chi connectivity index (χ1n) is 6.46. The molecule has 1 amide bonds. The van der Waals surface area contributed by atoms with Crippen molar-refractivity contribution < 1.29 is 9.53 Å². The van der Waals surface area contributed by atoms with Gasteiger partial charge in [0.05, 0.1) is 17.4 Å². The maximum Gasteiger partial charge on any atom is 0.237 e. The minimum absolute atomic E-state index is 0.0758. The second-order valence-electron chi connectivity index (χ2n) is 4.41. The Bertz CT molecular complexity index is 633. The molecule has 0 unspecified atom stereocenters. The van der Waals surface area contributed by atoms with Gasteiger partial charge in [-0.2, -0.15) is 0 Å². The molecule has 0 aromatic heterocycles. The van der Waals surface area contributed by atoms with E-state index in [0.717, 1.165) is 4.90 Å². The third-order valence-corrected chi connectivity index (χ3v) is 4.47. The van der Waals surface area contributed by atoms with Crippen LogP contribution in [-0.4, -0.2) is 18.3 Å². The van der Waals surface area contributed by atoms with Crippen molar-refractivity contribution in [2.24, 2.45) is 0 Å². The highest BCUT2D eigenvalue weighted by Gasteiger charge is 2.16. The fourth-order valence-corrected chi connectivity index (χ4v) is 2.88. The molecule has 0 spiro atoms. The number of methoxy groups -OCH3 is 1. The van der Waals surface area contributed by atoms with Crippen LogP contribution in [0, 0.1) is 0 Å². The molecule has 21 heavy (non-hydrogen) atoms. The summed E-state index contributed by atoms with van der Waals surface area (Å²) in [7, 11) is 1.59. The van der Waals surface area contributed by atoms with E-state index in [1.807, 2.05) is 49.4 Å². The van der Waals surface area contributed by atoms with Crippen LogP contribution in [0.15, 0.2) is 53.4 Å². The zero-order valence-electron chi connectivity index (χ0n) is 11.8. The molecular weight excluding hydrogens is 306 g/mol. The molecule has 0 radical (unpaired) electrons. The lowest BCUT2D eigenvalue weighted by atomic mass is 10.3. The average molecular weight is 322 g/mol. The van der Waals surface area contributed by atoms with Crippen molar-refractivity contribution in [1.29, 1.82) is 0 Å². The molecule has 2 aromatic rings. The maximum atomic E-state index is 12.2. The zero-order valence-corrected chi connectivity index (χ0v) is 13.4. The minimum atomic E-state index is -0.254. The lowest BCUT2D eigenvalue weighted by Crippen LogP contribution is -2.22. The van der Waals surface area contributed by atoms with Crippen LogP contribution in [0.25, 0.3) is 0 Å². The second-order valence-corrected chi connectivity index (χ2v) is 6.20. The fraction of sp³-hybridized carbons (Fsp3) is 0.188. The van der Waals surface area contributed by atoms with Gasteiger partial charge in [0.2, 0.25) is 5.91 Å². The number of halogens is 1. The number of hydrogen-bond acceptors (Lipinski definition) is 3. The van der Waals surface area contributed by atoms with Gasteiger partial charge >= 0.3 is 0 Å². The van der Waals surface area contributed by atoms with Crippen LogP contribution in [-0.2, 0) is 4.79 Å². The summed E-state index contributed by atoms with van der Waals surface area (Å²) in [6.45, 7) is 1.85. The third-order valence-electron chi connectivity index (χ3n) is 2.85. The number of hydrogen-bond donors (Lipinski definition) is 1. The summed E-state index contributed by atoms with van der Waals surface area (Å²) in [5.41, 5.74) is 0.714. The quantitative estimate of drug-likeness (QED) is 0.826. The smallest absolute Gasteiger partial charge is 0.237 e. The van der Waals surface area contributed by atoms with Crippen molar-refractivity contribution in [3.05, 3.63) is 53.6 Å². The first-order valence-corrected chi connectivity index (χ1v) is 7.72. The molecule has 0 aliphatic heterocycles. The molecule has 0 saturated carbocycles. The molecule has 0 aliphatic carbocycles. The van der Waals surface area contributed by atoms with Gasteiger partial charge in [-0.1, -0.05) is 29.8 Å². The van der Waals surface area contributed by atoms with Gasteiger partial charge in [-0.05, 0) is 31.2 Å². The monoisotopic (exact) mass is 321 g/mol. The lowest BCUT2D eigenvalue weighted by molar-refractivity contribution is -0.115. The van der Waals surface area contributed by atoms with Gasteiger partial charge in [0.15, 0.2) is 0 Å². The van der Waals surface area contributed by atoms with Gasteiger partial charge in [0, 0.05) is 16.6 Å². The molecule has 110 valence electrons. The van der Waals surface area contributed by atoms with E-state index < -0.39 is 0 Å². The number of carbonyl (C=O) groups is 1. The van der Waals surface area contributed by atoms with E-state index in [4.69, 9.17) is 16.3 Å². The number of anilines is 1. The molecule has 1 N–H and O–H groups in total. The van der Waals surface area contributed by atoms with E-state index in [1.165, 1.54) is 11.8 Å². The number of carbonyl (C=O) groups excluding carboxylic acids is 1. The Morgan fingerprint density at radius 1 is 1.24 bits per heavy atom. The molecule has 0 bridgehead atoms. The Kier molecular flexibility index (Phi) is 5.53. The molecule has 0 saturated heterocycles. The van der Waals surface area contributed by atoms with Crippen molar-refractivity contribution in [2.45, 2.75) is 17.1 Å². The molecule has 3 nitrogen and oxygen atoms in total. The Hall–Kier alpha value is -1.65. The van der Waals surface area contributed by atoms with Crippen LogP contribution < -0.4 is 10.1 Å². The SMILES string of the molecule is COc1cccc(NC(=O)[C@@H](C)Sc2ccccc2Cl)c1. The van der Waals surface area contributed by atoms with Crippen molar-refractivity contribution in [3.63, 3.8) is 0 Å². The maximum absolute atomic E-state index is 12.2. The van der Waals surface area contributed by atoms with Crippen LogP contribution in [0.2, 0.25) is 5.02 Å². The lowest BCUT2D eigenvalue weighted by Gasteiger charge is -2.13. The third kappa shape index (κ3) is 4.41. The number of thioether (sulfide) groups is 1. The summed E-state index contributed by atoms with van der Waals surface area (Å²) in [6.07, 6.45) is 0. The van der Waals surface area contributed by atoms with E-state index in [0.29, 0.717) is 16.5 Å². The first-order chi connectivity index (χ1) is 10.1. The summed E-state index contributed by atoms with van der Waals surface area (Å²) in [4.78, 5) is 13.1. The predicted octanol–water partition coefficient (Wildman–Crippen LogP) is 4.47. The van der Waals surface area contributed by atoms with Crippen molar-refractivity contribution in [3.8, 4) is 5.75 Å². The van der Waals surface area contributed by atoms with E-state index in [2.05, 4.69) is 5.32 Å². The molecule has 0 heterocycles. The number of nitrogens with one attached hydrogen (secondary N) is 1. The van der Waals surface area contributed by atoms with E-state index in [9.17, 15) is 4.79 Å². The Labute approximate surface area is 133 Å². The van der Waals surface area contributed by atoms with Gasteiger partial charge < -0.3 is 10.1 Å². The average Bonchev–Trinajstić information content (AvgIpc) is 2.49. The molecule has 0 aliphatic rings. The molecule has 0 fully saturated rings. The molecule has 5 heteroatoms. The standard InChI is InChI=1S/C16H16ClNO2S/c1-11(21-15-9-4-3-8-14(15)17)16(19)18-12-6-5-7-13(10-12)20-2/h3-11H,1-2H3,(H,18,19)/t11-/m1/s1. The zero-order chi connectivity index (χ0) is 15.2. The van der Waals surface area contributed by atoms with Gasteiger partial charge in [-0.3, -0.25) is 4.79 Å². The highest BCUT2D eigenvalue weighted by Crippen LogP contribution is 2.30. The van der Waals surface area contributed by atoms with E-state index in [-0.39, 0.29) is 11.2 Å². The Balaban J connectivity index is 2.01. The largest absolute Gasteiger partial charge is 0.497 e. The van der Waals surface area contributed by atoms with Crippen LogP contribution in [0.5, 0.6) is 5.75 Å². The van der Waals surface area contributed by atoms with Crippen molar-refractivity contribution >= 4 is 35.0 Å². The van der Waals surface area contributed by atoms with Gasteiger partial charge in [-0.15, -0.1) is 11.8 Å². The fourth-order valence-electron chi connectivity index (χ4n) is 1.73. The number of amides is 1. The topological polar surface area (TPSA) is 38.3 Å². The van der Waals surface area contributed by atoms with Gasteiger partial charge in [0.1, 0.15) is 5.75 Å². The molecular formula is C16H16ClNO2S. The van der Waals surface area contributed by atoms with E-state index in [1.54, 1.807) is 13.2 Å². The molecule has 2 aromatic carbocycles. The van der Waals surface area contributed by atoms with E-state index >= 15 is 0 Å². The predicted molar refractivity (Wildman–Crippen MR) is 88.4 cm³/mol. The van der Waals surface area contributed by atoms with Crippen LogP contribution in [0.3, 0.4) is 0 Å². The normalized spacial score (nSPS) is 11.8. The second kappa shape index (κ2) is 7.38. The van der Waals surface area contributed by atoms with Crippen LogP contribution in [0.4, 0.5) is 5.69 Å². The van der Waals surface area contributed by atoms with Crippen molar-refractivity contribution in [1.82, 2.24) is 0 Å². The summed E-state index contributed by atoms with van der Waals surface area (Å²) >= 11 is 7.54. The Morgan fingerprint density at radius 2 is 2.00 bits per heavy atom. The van der Waals surface area contributed by atoms with Crippen LogP contribution >= 0.6 is 23.4 Å². The van der Waals surface area contributed by atoms with Gasteiger partial charge in [0.25, 0.3) is 0 Å². The highest BCUT2D eigenvalue weighted by atomic mass is 35.5. The summed E-state index contributed by atoms with van der Waals surface area (Å²) < 4.78 is 5.13. The summed E-state index contributed by atoms with van der Waals surface area (Å²) in [5.74, 6) is 0.632. The molecule has 1 atom stereocenters. The minimum Gasteiger partial charge on any atom is -0.497 e. The van der Waals surface area contributed by atoms with Crippen LogP contribution in [0.1, 0.15) is 6.92 Å². The highest BCUT2D eigenvalue weighted by molar-refractivity contribution is 8.00. The summed E-state index contributed by atoms with van der Waals surface area (Å²) in [6, 6.07) is 14.8. The van der Waals surface area contributed by atoms with Gasteiger partial charge in [-0.25, -0.2) is 0 Å². The first kappa shape index (κ1) is 15.7. The Morgan fingerprint density at radius 3 is 2.71 bits per heavy atom. The number of rotatable bonds is 5. The summed E-state index contributed by atoms with van der Waals surface area (Å²) in [5, 5.41) is 3.28. The number of benzene rings is 2. The molecule has 2 rings (SSSR count). The van der Waals surface area contributed by atoms with Crippen molar-refractivity contribution in [2.75, 3.05) is 12.4 Å². The number of ether oxygens (including phenoxy) is 1.